The number of nitro benzene ring substituents is 1. The SMILES string of the molecule is CCN(CCC#N)C(=O)c1cc(N)ccc1[N+](=O)[O-]. The van der Waals surface area contributed by atoms with E-state index in [0.717, 1.165) is 0 Å². The predicted molar refractivity (Wildman–Crippen MR) is 69.3 cm³/mol. The molecule has 1 aromatic carbocycles. The van der Waals surface area contributed by atoms with Crippen LogP contribution in [0.15, 0.2) is 18.2 Å². The molecule has 7 nitrogen and oxygen atoms in total. The van der Waals surface area contributed by atoms with Crippen molar-refractivity contribution >= 4 is 17.3 Å². The van der Waals surface area contributed by atoms with E-state index in [-0.39, 0.29) is 29.9 Å². The fourth-order valence-electron chi connectivity index (χ4n) is 1.64. The summed E-state index contributed by atoms with van der Waals surface area (Å²) in [5, 5.41) is 19.4. The van der Waals surface area contributed by atoms with E-state index in [1.54, 1.807) is 6.92 Å². The second-order valence-electron chi connectivity index (χ2n) is 3.83. The molecular formula is C12H14N4O3. The van der Waals surface area contributed by atoms with Crippen LogP contribution in [0.4, 0.5) is 11.4 Å². The quantitative estimate of drug-likeness (QED) is 0.491. The van der Waals surface area contributed by atoms with Crippen molar-refractivity contribution in [2.75, 3.05) is 18.8 Å². The normalized spacial score (nSPS) is 9.68. The zero-order valence-corrected chi connectivity index (χ0v) is 10.5. The van der Waals surface area contributed by atoms with Crippen molar-refractivity contribution in [2.24, 2.45) is 0 Å². The van der Waals surface area contributed by atoms with E-state index in [1.165, 1.54) is 23.1 Å². The Balaban J connectivity index is 3.13. The monoisotopic (exact) mass is 262 g/mol. The second-order valence-corrected chi connectivity index (χ2v) is 3.83. The molecule has 0 aromatic heterocycles. The zero-order chi connectivity index (χ0) is 14.4. The Morgan fingerprint density at radius 2 is 2.26 bits per heavy atom. The summed E-state index contributed by atoms with van der Waals surface area (Å²) in [5.74, 6) is -0.489. The standard InChI is InChI=1S/C12H14N4O3/c1-2-15(7-3-6-13)12(17)10-8-9(14)4-5-11(10)16(18)19/h4-5,8H,2-3,7,14H2,1H3. The first kappa shape index (κ1) is 14.4. The molecule has 0 atom stereocenters. The highest BCUT2D eigenvalue weighted by atomic mass is 16.6. The summed E-state index contributed by atoms with van der Waals surface area (Å²) >= 11 is 0. The molecule has 0 heterocycles. The van der Waals surface area contributed by atoms with Gasteiger partial charge < -0.3 is 10.6 Å². The molecular weight excluding hydrogens is 248 g/mol. The van der Waals surface area contributed by atoms with E-state index in [0.29, 0.717) is 6.54 Å². The number of rotatable bonds is 5. The molecule has 19 heavy (non-hydrogen) atoms. The maximum Gasteiger partial charge on any atom is 0.282 e. The molecule has 0 fully saturated rings. The summed E-state index contributed by atoms with van der Waals surface area (Å²) < 4.78 is 0. The third-order valence-electron chi connectivity index (χ3n) is 2.61. The Hall–Kier alpha value is -2.62. The van der Waals surface area contributed by atoms with Crippen molar-refractivity contribution in [3.63, 3.8) is 0 Å². The average molecular weight is 262 g/mol. The van der Waals surface area contributed by atoms with Gasteiger partial charge in [-0.2, -0.15) is 5.26 Å². The second kappa shape index (κ2) is 6.35. The van der Waals surface area contributed by atoms with Crippen LogP contribution in [-0.2, 0) is 0 Å². The first-order chi connectivity index (χ1) is 9.01. The highest BCUT2D eigenvalue weighted by Crippen LogP contribution is 2.22. The van der Waals surface area contributed by atoms with E-state index >= 15 is 0 Å². The fourth-order valence-corrected chi connectivity index (χ4v) is 1.64. The third kappa shape index (κ3) is 3.42. The molecule has 0 saturated heterocycles. The molecule has 7 heteroatoms. The fraction of sp³-hybridized carbons (Fsp3) is 0.333. The van der Waals surface area contributed by atoms with Crippen LogP contribution in [0.5, 0.6) is 0 Å². The zero-order valence-electron chi connectivity index (χ0n) is 10.5. The van der Waals surface area contributed by atoms with Gasteiger partial charge in [0.25, 0.3) is 11.6 Å². The van der Waals surface area contributed by atoms with Gasteiger partial charge in [0.2, 0.25) is 0 Å². The molecule has 0 aliphatic carbocycles. The molecule has 2 N–H and O–H groups in total. The summed E-state index contributed by atoms with van der Waals surface area (Å²) in [7, 11) is 0. The van der Waals surface area contributed by atoms with Crippen LogP contribution in [0.3, 0.4) is 0 Å². The van der Waals surface area contributed by atoms with Gasteiger partial charge in [-0.1, -0.05) is 0 Å². The maximum atomic E-state index is 12.2. The topological polar surface area (TPSA) is 113 Å². The van der Waals surface area contributed by atoms with Gasteiger partial charge in [-0.15, -0.1) is 0 Å². The third-order valence-corrected chi connectivity index (χ3v) is 2.61. The molecule has 0 spiro atoms. The Morgan fingerprint density at radius 1 is 1.58 bits per heavy atom. The number of carbonyl (C=O) groups is 1. The lowest BCUT2D eigenvalue weighted by molar-refractivity contribution is -0.385. The van der Waals surface area contributed by atoms with Gasteiger partial charge in [-0.05, 0) is 19.1 Å². The number of nitro groups is 1. The van der Waals surface area contributed by atoms with Gasteiger partial charge in [0.1, 0.15) is 5.56 Å². The number of nitrogen functional groups attached to an aromatic ring is 1. The van der Waals surface area contributed by atoms with Crippen LogP contribution < -0.4 is 5.73 Å². The van der Waals surface area contributed by atoms with Crippen LogP contribution in [-0.4, -0.2) is 28.8 Å². The number of nitrogens with zero attached hydrogens (tertiary/aromatic N) is 3. The molecule has 0 aliphatic rings. The minimum absolute atomic E-state index is 0.0511. The van der Waals surface area contributed by atoms with Gasteiger partial charge in [-0.3, -0.25) is 14.9 Å². The molecule has 0 saturated carbocycles. The average Bonchev–Trinajstić information content (AvgIpc) is 2.38. The highest BCUT2D eigenvalue weighted by molar-refractivity contribution is 5.99. The molecule has 0 bridgehead atoms. The summed E-state index contributed by atoms with van der Waals surface area (Å²) in [4.78, 5) is 23.9. The molecule has 1 aromatic rings. The molecule has 1 rings (SSSR count). The van der Waals surface area contributed by atoms with Crippen LogP contribution >= 0.6 is 0 Å². The lowest BCUT2D eigenvalue weighted by Gasteiger charge is -2.19. The Kier molecular flexibility index (Phi) is 4.83. The van der Waals surface area contributed by atoms with E-state index in [4.69, 9.17) is 11.0 Å². The van der Waals surface area contributed by atoms with Crippen molar-refractivity contribution in [2.45, 2.75) is 13.3 Å². The minimum atomic E-state index is -0.620. The molecule has 0 radical (unpaired) electrons. The van der Waals surface area contributed by atoms with Crippen LogP contribution in [0.1, 0.15) is 23.7 Å². The number of nitriles is 1. The van der Waals surface area contributed by atoms with Crippen molar-refractivity contribution in [3.8, 4) is 6.07 Å². The first-order valence-electron chi connectivity index (χ1n) is 5.71. The van der Waals surface area contributed by atoms with Gasteiger partial charge in [0.15, 0.2) is 0 Å². The van der Waals surface area contributed by atoms with Gasteiger partial charge in [0.05, 0.1) is 17.4 Å². The van der Waals surface area contributed by atoms with E-state index in [9.17, 15) is 14.9 Å². The van der Waals surface area contributed by atoms with Crippen LogP contribution in [0, 0.1) is 21.4 Å². The number of amides is 1. The Morgan fingerprint density at radius 3 is 2.79 bits per heavy atom. The lowest BCUT2D eigenvalue weighted by atomic mass is 10.1. The van der Waals surface area contributed by atoms with E-state index in [1.807, 2.05) is 6.07 Å². The maximum absolute atomic E-state index is 12.2. The molecule has 0 unspecified atom stereocenters. The minimum Gasteiger partial charge on any atom is -0.399 e. The largest absolute Gasteiger partial charge is 0.399 e. The van der Waals surface area contributed by atoms with Crippen LogP contribution in [0.2, 0.25) is 0 Å². The summed E-state index contributed by atoms with van der Waals surface area (Å²) in [6, 6.07) is 5.81. The lowest BCUT2D eigenvalue weighted by Crippen LogP contribution is -2.32. The molecule has 100 valence electrons. The Labute approximate surface area is 110 Å². The smallest absolute Gasteiger partial charge is 0.282 e. The summed E-state index contributed by atoms with van der Waals surface area (Å²) in [6.07, 6.45) is 0.176. The number of anilines is 1. The van der Waals surface area contributed by atoms with Gasteiger partial charge >= 0.3 is 0 Å². The molecule has 1 amide bonds. The number of benzene rings is 1. The highest BCUT2D eigenvalue weighted by Gasteiger charge is 2.23. The number of carbonyl (C=O) groups excluding carboxylic acids is 1. The van der Waals surface area contributed by atoms with E-state index < -0.39 is 10.8 Å². The van der Waals surface area contributed by atoms with Gasteiger partial charge in [0, 0.05) is 24.8 Å². The Bertz CT molecular complexity index is 536. The predicted octanol–water partition coefficient (Wildman–Crippen LogP) is 1.55. The van der Waals surface area contributed by atoms with Gasteiger partial charge in [-0.25, -0.2) is 0 Å². The van der Waals surface area contributed by atoms with Crippen LogP contribution in [0.25, 0.3) is 0 Å². The molecule has 0 aliphatic heterocycles. The number of nitrogens with two attached hydrogens (primary N) is 1. The van der Waals surface area contributed by atoms with E-state index in [2.05, 4.69) is 0 Å². The summed E-state index contributed by atoms with van der Waals surface area (Å²) in [6.45, 7) is 2.34. The van der Waals surface area contributed by atoms with Crippen molar-refractivity contribution in [1.29, 1.82) is 5.26 Å². The van der Waals surface area contributed by atoms with Crippen molar-refractivity contribution < 1.29 is 9.72 Å². The number of hydrogen-bond donors (Lipinski definition) is 1. The number of hydrogen-bond acceptors (Lipinski definition) is 5. The van der Waals surface area contributed by atoms with Crippen molar-refractivity contribution in [1.82, 2.24) is 4.90 Å². The van der Waals surface area contributed by atoms with Crippen molar-refractivity contribution in [3.05, 3.63) is 33.9 Å². The first-order valence-corrected chi connectivity index (χ1v) is 5.71. The summed E-state index contributed by atoms with van der Waals surface area (Å²) in [5.41, 5.74) is 5.51.